The van der Waals surface area contributed by atoms with Gasteiger partial charge in [-0.3, -0.25) is 0 Å². The maximum Gasteiger partial charge on any atom is 0.127 e. The van der Waals surface area contributed by atoms with E-state index >= 15 is 0 Å². The molecule has 0 radical (unpaired) electrons. The number of rotatable bonds is 2. The van der Waals surface area contributed by atoms with Gasteiger partial charge in [-0.15, -0.1) is 0 Å². The monoisotopic (exact) mass is 198 g/mol. The van der Waals surface area contributed by atoms with Crippen LogP contribution >= 0.6 is 0 Å². The van der Waals surface area contributed by atoms with E-state index in [9.17, 15) is 4.39 Å². The van der Waals surface area contributed by atoms with Crippen LogP contribution in [0.2, 0.25) is 19.6 Å². The Morgan fingerprint density at radius 3 is 2.38 bits per heavy atom. The summed E-state index contributed by atoms with van der Waals surface area (Å²) in [6.45, 7) is 6.05. The van der Waals surface area contributed by atoms with Crippen LogP contribution in [-0.4, -0.2) is 13.2 Å². The lowest BCUT2D eigenvalue weighted by Crippen LogP contribution is -2.40. The summed E-state index contributed by atoms with van der Waals surface area (Å²) < 4.78 is 13.6. The minimum absolute atomic E-state index is 0.218. The number of aliphatic hydroxyl groups is 1. The highest BCUT2D eigenvalue weighted by Gasteiger charge is 2.21. The van der Waals surface area contributed by atoms with Gasteiger partial charge in [0.2, 0.25) is 0 Å². The molecule has 1 rings (SSSR count). The molecule has 0 aliphatic carbocycles. The van der Waals surface area contributed by atoms with Crippen molar-refractivity contribution in [1.29, 1.82) is 0 Å². The van der Waals surface area contributed by atoms with E-state index in [-0.39, 0.29) is 12.4 Å². The maximum atomic E-state index is 13.6. The van der Waals surface area contributed by atoms with Gasteiger partial charge in [-0.1, -0.05) is 37.8 Å². The molecule has 0 saturated heterocycles. The summed E-state index contributed by atoms with van der Waals surface area (Å²) in [5, 5.41) is 9.67. The lowest BCUT2D eigenvalue weighted by atomic mass is 10.2. The summed E-state index contributed by atoms with van der Waals surface area (Å²) in [6, 6.07) is 5.25. The standard InChI is InChI=1S/C10H15FOSi/c1-13(2,3)9-6-4-5-8(7-12)10(9)11/h4-6,12H,7H2,1-3H3. The summed E-state index contributed by atoms with van der Waals surface area (Å²) in [5.74, 6) is -0.218. The average molecular weight is 198 g/mol. The molecule has 0 spiro atoms. The van der Waals surface area contributed by atoms with E-state index in [0.29, 0.717) is 5.56 Å². The molecule has 0 bridgehead atoms. The van der Waals surface area contributed by atoms with Crippen molar-refractivity contribution < 1.29 is 9.50 Å². The van der Waals surface area contributed by atoms with Gasteiger partial charge < -0.3 is 5.11 Å². The van der Waals surface area contributed by atoms with Crippen LogP contribution in [0.15, 0.2) is 18.2 Å². The van der Waals surface area contributed by atoms with Crippen molar-refractivity contribution in [2.75, 3.05) is 0 Å². The first-order chi connectivity index (χ1) is 5.96. The first-order valence-corrected chi connectivity index (χ1v) is 7.85. The predicted molar refractivity (Wildman–Crippen MR) is 55.3 cm³/mol. The van der Waals surface area contributed by atoms with Gasteiger partial charge in [0.15, 0.2) is 0 Å². The highest BCUT2D eigenvalue weighted by molar-refractivity contribution is 6.88. The summed E-state index contributed by atoms with van der Waals surface area (Å²) in [5.41, 5.74) is 0.403. The molecule has 72 valence electrons. The normalized spacial score (nSPS) is 11.8. The number of benzene rings is 1. The predicted octanol–water partition coefficient (Wildman–Crippen LogP) is 1.86. The van der Waals surface area contributed by atoms with Crippen LogP contribution in [0.4, 0.5) is 4.39 Å². The average Bonchev–Trinajstić information content (AvgIpc) is 2.02. The summed E-state index contributed by atoms with van der Waals surface area (Å²) in [6.07, 6.45) is 0. The van der Waals surface area contributed by atoms with Crippen molar-refractivity contribution >= 4 is 13.3 Å². The van der Waals surface area contributed by atoms with Crippen LogP contribution < -0.4 is 5.19 Å². The van der Waals surface area contributed by atoms with E-state index in [2.05, 4.69) is 19.6 Å². The maximum absolute atomic E-state index is 13.6. The van der Waals surface area contributed by atoms with Gasteiger partial charge in [-0.25, -0.2) is 4.39 Å². The second-order valence-electron chi connectivity index (χ2n) is 4.19. The molecule has 1 aromatic carbocycles. The molecule has 0 fully saturated rings. The van der Waals surface area contributed by atoms with Gasteiger partial charge in [0.25, 0.3) is 0 Å². The third kappa shape index (κ3) is 2.17. The Morgan fingerprint density at radius 1 is 1.31 bits per heavy atom. The Balaban J connectivity index is 3.24. The van der Waals surface area contributed by atoms with Gasteiger partial charge in [-0.05, 0) is 5.19 Å². The molecule has 0 aliphatic rings. The van der Waals surface area contributed by atoms with Gasteiger partial charge in [-0.2, -0.15) is 0 Å². The van der Waals surface area contributed by atoms with Crippen molar-refractivity contribution in [2.45, 2.75) is 26.2 Å². The van der Waals surface area contributed by atoms with E-state index in [1.807, 2.05) is 12.1 Å². The number of halogens is 1. The minimum Gasteiger partial charge on any atom is -0.392 e. The Hall–Kier alpha value is -0.673. The van der Waals surface area contributed by atoms with Gasteiger partial charge in [0.1, 0.15) is 5.82 Å². The zero-order valence-electron chi connectivity index (χ0n) is 8.26. The van der Waals surface area contributed by atoms with Crippen molar-refractivity contribution in [3.05, 3.63) is 29.6 Å². The highest BCUT2D eigenvalue weighted by Crippen LogP contribution is 2.10. The summed E-state index contributed by atoms with van der Waals surface area (Å²) in [4.78, 5) is 0. The zero-order chi connectivity index (χ0) is 10.1. The largest absolute Gasteiger partial charge is 0.392 e. The van der Waals surface area contributed by atoms with Gasteiger partial charge in [0.05, 0.1) is 14.7 Å². The zero-order valence-corrected chi connectivity index (χ0v) is 9.26. The summed E-state index contributed by atoms with van der Waals surface area (Å²) >= 11 is 0. The lowest BCUT2D eigenvalue weighted by Gasteiger charge is -2.18. The van der Waals surface area contributed by atoms with Crippen LogP contribution in [0, 0.1) is 5.82 Å². The van der Waals surface area contributed by atoms with Crippen LogP contribution in [0.3, 0.4) is 0 Å². The fourth-order valence-electron chi connectivity index (χ4n) is 1.28. The highest BCUT2D eigenvalue weighted by atomic mass is 28.3. The van der Waals surface area contributed by atoms with Gasteiger partial charge >= 0.3 is 0 Å². The number of aliphatic hydroxyl groups excluding tert-OH is 1. The molecule has 0 aromatic heterocycles. The molecule has 0 aliphatic heterocycles. The molecule has 0 heterocycles. The van der Waals surface area contributed by atoms with Crippen LogP contribution in [0.1, 0.15) is 5.56 Å². The number of hydrogen-bond acceptors (Lipinski definition) is 1. The van der Waals surface area contributed by atoms with Crippen molar-refractivity contribution in [3.63, 3.8) is 0 Å². The van der Waals surface area contributed by atoms with E-state index in [4.69, 9.17) is 5.11 Å². The summed E-state index contributed by atoms with van der Waals surface area (Å²) in [7, 11) is -1.61. The molecule has 0 amide bonds. The topological polar surface area (TPSA) is 20.2 Å². The van der Waals surface area contributed by atoms with Gasteiger partial charge in [0, 0.05) is 5.56 Å². The van der Waals surface area contributed by atoms with Crippen LogP contribution in [0.5, 0.6) is 0 Å². The molecule has 1 aromatic rings. The molecule has 13 heavy (non-hydrogen) atoms. The minimum atomic E-state index is -1.61. The molecule has 0 atom stereocenters. The Bertz CT molecular complexity index is 304. The van der Waals surface area contributed by atoms with Crippen molar-refractivity contribution in [3.8, 4) is 0 Å². The van der Waals surface area contributed by atoms with Crippen LogP contribution in [-0.2, 0) is 6.61 Å². The quantitative estimate of drug-likeness (QED) is 0.719. The third-order valence-electron chi connectivity index (χ3n) is 2.06. The molecule has 0 saturated carbocycles. The number of hydrogen-bond donors (Lipinski definition) is 1. The molecule has 0 unspecified atom stereocenters. The Kier molecular flexibility index (Phi) is 2.88. The first kappa shape index (κ1) is 10.4. The first-order valence-electron chi connectivity index (χ1n) is 4.35. The van der Waals surface area contributed by atoms with E-state index < -0.39 is 8.07 Å². The lowest BCUT2D eigenvalue weighted by molar-refractivity contribution is 0.276. The molecular weight excluding hydrogens is 183 g/mol. The van der Waals surface area contributed by atoms with Crippen molar-refractivity contribution in [2.24, 2.45) is 0 Å². The fraction of sp³-hybridized carbons (Fsp3) is 0.400. The molecule has 1 nitrogen and oxygen atoms in total. The Labute approximate surface area is 79.2 Å². The SMILES string of the molecule is C[Si](C)(C)c1cccc(CO)c1F. The molecule has 3 heteroatoms. The second kappa shape index (κ2) is 3.60. The van der Waals surface area contributed by atoms with Crippen molar-refractivity contribution in [1.82, 2.24) is 0 Å². The Morgan fingerprint density at radius 2 is 1.92 bits per heavy atom. The van der Waals surface area contributed by atoms with E-state index in [0.717, 1.165) is 5.19 Å². The molecule has 1 N–H and O–H groups in total. The molecular formula is C10H15FOSi. The third-order valence-corrected chi connectivity index (χ3v) is 4.06. The second-order valence-corrected chi connectivity index (χ2v) is 9.23. The van der Waals surface area contributed by atoms with E-state index in [1.165, 1.54) is 0 Å². The smallest absolute Gasteiger partial charge is 0.127 e. The van der Waals surface area contributed by atoms with Crippen LogP contribution in [0.25, 0.3) is 0 Å². The fourth-order valence-corrected chi connectivity index (χ4v) is 2.70. The van der Waals surface area contributed by atoms with E-state index in [1.54, 1.807) is 6.07 Å².